The fraction of sp³-hybridized carbons (Fsp3) is 0.481. The SMILES string of the molecule is CCc1cc2c(cc3n2C[C@@](C)(C(=O)NC2CCCCCC2)N(Cc2ccc(Cl)cc2)C3=O)s1. The highest BCUT2D eigenvalue weighted by Gasteiger charge is 2.48. The maximum Gasteiger partial charge on any atom is 0.271 e. The molecule has 7 heteroatoms. The van der Waals surface area contributed by atoms with Gasteiger partial charge in [0.1, 0.15) is 11.2 Å². The van der Waals surface area contributed by atoms with Gasteiger partial charge in [-0.05, 0) is 56.0 Å². The van der Waals surface area contributed by atoms with Crippen molar-refractivity contribution in [1.82, 2.24) is 14.8 Å². The zero-order valence-electron chi connectivity index (χ0n) is 19.9. The van der Waals surface area contributed by atoms with Gasteiger partial charge in [0.15, 0.2) is 0 Å². The van der Waals surface area contributed by atoms with Crippen LogP contribution in [0.3, 0.4) is 0 Å². The Labute approximate surface area is 210 Å². The van der Waals surface area contributed by atoms with Crippen molar-refractivity contribution in [3.63, 3.8) is 0 Å². The van der Waals surface area contributed by atoms with Crippen LogP contribution in [0.15, 0.2) is 36.4 Å². The summed E-state index contributed by atoms with van der Waals surface area (Å²) in [4.78, 5) is 30.8. The summed E-state index contributed by atoms with van der Waals surface area (Å²) in [5.74, 6) is -0.152. The lowest BCUT2D eigenvalue weighted by molar-refractivity contribution is -0.134. The molecule has 2 aliphatic rings. The Morgan fingerprint density at radius 3 is 2.53 bits per heavy atom. The summed E-state index contributed by atoms with van der Waals surface area (Å²) in [5.41, 5.74) is 1.69. The normalized spacial score (nSPS) is 21.5. The van der Waals surface area contributed by atoms with Crippen LogP contribution >= 0.6 is 22.9 Å². The van der Waals surface area contributed by atoms with Gasteiger partial charge in [0, 0.05) is 22.5 Å². The molecule has 5 nitrogen and oxygen atoms in total. The van der Waals surface area contributed by atoms with Crippen LogP contribution in [0.5, 0.6) is 0 Å². The molecule has 3 heterocycles. The molecule has 1 aromatic carbocycles. The van der Waals surface area contributed by atoms with Crippen LogP contribution in [-0.4, -0.2) is 32.9 Å². The quantitative estimate of drug-likeness (QED) is 0.428. The number of thiophene rings is 1. The lowest BCUT2D eigenvalue weighted by atomic mass is 9.93. The fourth-order valence-electron chi connectivity index (χ4n) is 5.35. The summed E-state index contributed by atoms with van der Waals surface area (Å²) in [6.07, 6.45) is 7.73. The summed E-state index contributed by atoms with van der Waals surface area (Å²) in [6.45, 7) is 4.88. The number of benzene rings is 1. The minimum atomic E-state index is -0.990. The largest absolute Gasteiger partial charge is 0.351 e. The molecule has 3 aromatic rings. The van der Waals surface area contributed by atoms with Gasteiger partial charge >= 0.3 is 0 Å². The number of nitrogens with one attached hydrogen (secondary N) is 1. The molecule has 1 aliphatic heterocycles. The topological polar surface area (TPSA) is 54.3 Å². The maximum atomic E-state index is 13.9. The summed E-state index contributed by atoms with van der Waals surface area (Å²) in [5, 5.41) is 3.99. The lowest BCUT2D eigenvalue weighted by Gasteiger charge is -2.44. The van der Waals surface area contributed by atoms with Gasteiger partial charge in [0.25, 0.3) is 5.91 Å². The third-order valence-corrected chi connectivity index (χ3v) is 8.92. The van der Waals surface area contributed by atoms with Crippen LogP contribution in [0.25, 0.3) is 10.2 Å². The third kappa shape index (κ3) is 4.27. The molecule has 0 spiro atoms. The van der Waals surface area contributed by atoms with Crippen LogP contribution in [0.4, 0.5) is 0 Å². The van der Waals surface area contributed by atoms with Gasteiger partial charge in [0.05, 0.1) is 16.8 Å². The molecule has 1 aliphatic carbocycles. The molecule has 34 heavy (non-hydrogen) atoms. The average Bonchev–Trinajstić information content (AvgIpc) is 3.26. The molecule has 0 saturated heterocycles. The second kappa shape index (κ2) is 9.38. The van der Waals surface area contributed by atoms with Crippen LogP contribution in [-0.2, 0) is 24.3 Å². The first kappa shape index (κ1) is 23.4. The predicted molar refractivity (Wildman–Crippen MR) is 139 cm³/mol. The Kier molecular flexibility index (Phi) is 6.47. The van der Waals surface area contributed by atoms with Gasteiger partial charge in [-0.15, -0.1) is 11.3 Å². The van der Waals surface area contributed by atoms with Crippen LogP contribution in [0, 0.1) is 0 Å². The van der Waals surface area contributed by atoms with Crippen molar-refractivity contribution in [2.45, 2.75) is 83.5 Å². The Bertz CT molecular complexity index is 1210. The minimum Gasteiger partial charge on any atom is -0.351 e. The lowest BCUT2D eigenvalue weighted by Crippen LogP contribution is -2.64. The molecule has 1 fully saturated rings. The Morgan fingerprint density at radius 2 is 1.85 bits per heavy atom. The van der Waals surface area contributed by atoms with Crippen molar-refractivity contribution in [3.05, 3.63) is 57.6 Å². The average molecular weight is 498 g/mol. The van der Waals surface area contributed by atoms with E-state index in [9.17, 15) is 9.59 Å². The first-order valence-corrected chi connectivity index (χ1v) is 13.6. The number of hydrogen-bond donors (Lipinski definition) is 1. The van der Waals surface area contributed by atoms with E-state index < -0.39 is 5.54 Å². The molecular weight excluding hydrogens is 466 g/mol. The van der Waals surface area contributed by atoms with E-state index in [2.05, 4.69) is 22.9 Å². The molecule has 0 bridgehead atoms. The van der Waals surface area contributed by atoms with Crippen molar-refractivity contribution in [2.24, 2.45) is 0 Å². The zero-order chi connectivity index (χ0) is 23.9. The number of fused-ring (bicyclic) bond motifs is 3. The number of rotatable bonds is 5. The van der Waals surface area contributed by atoms with Gasteiger partial charge < -0.3 is 14.8 Å². The molecule has 1 saturated carbocycles. The first-order chi connectivity index (χ1) is 16.4. The number of hydrogen-bond acceptors (Lipinski definition) is 3. The molecule has 2 amide bonds. The number of carbonyl (C=O) groups excluding carboxylic acids is 2. The number of halogens is 1. The molecule has 0 radical (unpaired) electrons. The van der Waals surface area contributed by atoms with Crippen LogP contribution in [0.1, 0.15) is 73.3 Å². The highest BCUT2D eigenvalue weighted by Crippen LogP contribution is 2.37. The van der Waals surface area contributed by atoms with Crippen molar-refractivity contribution < 1.29 is 9.59 Å². The van der Waals surface area contributed by atoms with Crippen LogP contribution < -0.4 is 5.32 Å². The van der Waals surface area contributed by atoms with E-state index in [0.29, 0.717) is 23.8 Å². The monoisotopic (exact) mass is 497 g/mol. The van der Waals surface area contributed by atoms with Gasteiger partial charge in [-0.1, -0.05) is 56.3 Å². The summed E-state index contributed by atoms with van der Waals surface area (Å²) >= 11 is 7.82. The molecule has 5 rings (SSSR count). The van der Waals surface area contributed by atoms with E-state index >= 15 is 0 Å². The Morgan fingerprint density at radius 1 is 1.15 bits per heavy atom. The van der Waals surface area contributed by atoms with E-state index in [0.717, 1.165) is 47.9 Å². The molecule has 0 unspecified atom stereocenters. The van der Waals surface area contributed by atoms with Crippen molar-refractivity contribution in [3.8, 4) is 0 Å². The summed E-state index contributed by atoms with van der Waals surface area (Å²) in [6, 6.07) is 11.9. The molecule has 1 N–H and O–H groups in total. The highest BCUT2D eigenvalue weighted by atomic mass is 35.5. The van der Waals surface area contributed by atoms with Gasteiger partial charge in [-0.3, -0.25) is 9.59 Å². The highest BCUT2D eigenvalue weighted by molar-refractivity contribution is 7.19. The Hall–Kier alpha value is -2.31. The summed E-state index contributed by atoms with van der Waals surface area (Å²) < 4.78 is 3.18. The standard InChI is InChI=1S/C27H32ClN3O2S/c1-3-21-14-22-24(34-21)15-23-25(32)31(16-18-10-12-19(28)13-11-18)27(2,17-30(22)23)26(33)29-20-8-6-4-5-7-9-20/h10-15,20H,3-9,16-17H2,1-2H3,(H,29,33)/t27-/m0/s1. The zero-order valence-corrected chi connectivity index (χ0v) is 21.5. The fourth-order valence-corrected chi connectivity index (χ4v) is 6.52. The maximum absolute atomic E-state index is 13.9. The number of aryl methyl sites for hydroxylation is 1. The summed E-state index contributed by atoms with van der Waals surface area (Å²) in [7, 11) is 0. The van der Waals surface area contributed by atoms with E-state index in [1.54, 1.807) is 16.2 Å². The van der Waals surface area contributed by atoms with Crippen molar-refractivity contribution in [2.75, 3.05) is 0 Å². The third-order valence-electron chi connectivity index (χ3n) is 7.45. The van der Waals surface area contributed by atoms with E-state index in [1.807, 2.05) is 37.3 Å². The van der Waals surface area contributed by atoms with Gasteiger partial charge in [0.2, 0.25) is 5.91 Å². The van der Waals surface area contributed by atoms with Gasteiger partial charge in [-0.2, -0.15) is 0 Å². The second-order valence-electron chi connectivity index (χ2n) is 9.89. The molecule has 180 valence electrons. The smallest absolute Gasteiger partial charge is 0.271 e. The number of carbonyl (C=O) groups is 2. The molecular formula is C27H32ClN3O2S. The van der Waals surface area contributed by atoms with E-state index in [-0.39, 0.29) is 17.9 Å². The molecule has 1 atom stereocenters. The number of amides is 2. The van der Waals surface area contributed by atoms with Crippen molar-refractivity contribution in [1.29, 1.82) is 0 Å². The predicted octanol–water partition coefficient (Wildman–Crippen LogP) is 6.17. The van der Waals surface area contributed by atoms with E-state index in [4.69, 9.17) is 11.6 Å². The van der Waals surface area contributed by atoms with Crippen molar-refractivity contribution >= 4 is 45.0 Å². The van der Waals surface area contributed by atoms with E-state index in [1.165, 1.54) is 17.7 Å². The van der Waals surface area contributed by atoms with Crippen LogP contribution in [0.2, 0.25) is 5.02 Å². The minimum absolute atomic E-state index is 0.0554. The second-order valence-corrected chi connectivity index (χ2v) is 11.5. The first-order valence-electron chi connectivity index (χ1n) is 12.4. The number of nitrogens with zero attached hydrogens (tertiary/aromatic N) is 2. The molecule has 2 aromatic heterocycles. The number of aromatic nitrogens is 1. The van der Waals surface area contributed by atoms with Gasteiger partial charge in [-0.25, -0.2) is 0 Å². The Balaban J connectivity index is 1.52.